The van der Waals surface area contributed by atoms with Gasteiger partial charge in [0.1, 0.15) is 5.75 Å². The number of phenols is 1. The molecule has 0 aliphatic rings. The van der Waals surface area contributed by atoms with Crippen molar-refractivity contribution in [2.24, 2.45) is 0 Å². The Morgan fingerprint density at radius 2 is 1.75 bits per heavy atom. The molecule has 0 aromatic heterocycles. The Hall–Kier alpha value is -0.467. The average molecular weight is 235 g/mol. The molecule has 0 saturated carbocycles. The summed E-state index contributed by atoms with van der Waals surface area (Å²) in [5.41, 5.74) is 0. The van der Waals surface area contributed by atoms with E-state index >= 15 is 0 Å². The van der Waals surface area contributed by atoms with Gasteiger partial charge in [-0.15, -0.1) is 12.6 Å². The van der Waals surface area contributed by atoms with Crippen LogP contribution in [-0.4, -0.2) is 5.11 Å². The van der Waals surface area contributed by atoms with Crippen LogP contribution in [0.1, 0.15) is 0 Å². The van der Waals surface area contributed by atoms with E-state index in [-0.39, 0.29) is 24.0 Å². The van der Waals surface area contributed by atoms with E-state index in [2.05, 4.69) is 25.8 Å². The summed E-state index contributed by atoms with van der Waals surface area (Å²) in [6.45, 7) is 7.00. The molecule has 0 aliphatic carbocycles. The van der Waals surface area contributed by atoms with Crippen molar-refractivity contribution in [1.29, 1.82) is 0 Å². The molecule has 0 heterocycles. The van der Waals surface area contributed by atoms with E-state index in [0.717, 1.165) is 0 Å². The number of hydrogen-bond donors (Lipinski definition) is 2. The fourth-order valence-corrected chi connectivity index (χ4v) is 0.625. The molecule has 0 radical (unpaired) electrons. The first-order valence-electron chi connectivity index (χ1n) is 2.97. The number of para-hydroxylation sites is 1. The van der Waals surface area contributed by atoms with Crippen LogP contribution < -0.4 is 0 Å². The number of aromatic hydroxyl groups is 1. The van der Waals surface area contributed by atoms with E-state index in [9.17, 15) is 0 Å². The topological polar surface area (TPSA) is 37.3 Å². The van der Waals surface area contributed by atoms with Crippen LogP contribution in [0.2, 0.25) is 0 Å². The Morgan fingerprint density at radius 3 is 2.00 bits per heavy atom. The van der Waals surface area contributed by atoms with Crippen molar-refractivity contribution in [2.45, 2.75) is 4.90 Å². The van der Waals surface area contributed by atoms with Crippen LogP contribution in [0.15, 0.2) is 35.7 Å². The molecule has 0 atom stereocenters. The molecular weight excluding hydrogens is 226 g/mol. The van der Waals surface area contributed by atoms with E-state index in [1.807, 2.05) is 6.07 Å². The van der Waals surface area contributed by atoms with Crippen molar-refractivity contribution in [1.82, 2.24) is 0 Å². The Bertz CT molecular complexity index is 195. The molecule has 62 valence electrons. The minimum absolute atomic E-state index is 0.125. The molecule has 1 rings (SSSR count). The standard InChI is InChI=1S/C6H6OS.C2H3.O.Zn/c7-5-3-1-2-4-6(5)8;1-2;;/h1-4,7-8H;1H,2H2;;/q;-1;;. The van der Waals surface area contributed by atoms with Crippen LogP contribution >= 0.6 is 12.6 Å². The molecule has 0 fully saturated rings. The van der Waals surface area contributed by atoms with Crippen LogP contribution in [0.25, 0.3) is 0 Å². The summed E-state index contributed by atoms with van der Waals surface area (Å²) < 4.78 is 8.38. The van der Waals surface area contributed by atoms with Gasteiger partial charge in [0.2, 0.25) is 0 Å². The minimum atomic E-state index is 0.125. The van der Waals surface area contributed by atoms with E-state index in [1.165, 1.54) is 0 Å². The predicted molar refractivity (Wildman–Crippen MR) is 46.0 cm³/mol. The number of thiol groups is 1. The first-order valence-corrected chi connectivity index (χ1v) is 4.63. The summed E-state index contributed by atoms with van der Waals surface area (Å²) >= 11 is 4.07. The number of phenolic OH excluding ortho intramolecular Hbond substituents is 1. The molecule has 1 aromatic rings. The third-order valence-corrected chi connectivity index (χ3v) is 1.26. The Morgan fingerprint density at radius 1 is 1.33 bits per heavy atom. The quantitative estimate of drug-likeness (QED) is 0.410. The monoisotopic (exact) mass is 233 g/mol. The van der Waals surface area contributed by atoms with Crippen molar-refractivity contribution < 1.29 is 26.9 Å². The SMILES string of the molecule is Oc1ccccc1S.[CH-]=C.[O]=[Zn]. The normalized spacial score (nSPS) is 6.92. The second-order valence-electron chi connectivity index (χ2n) is 1.49. The Kier molecular flexibility index (Phi) is 12.4. The van der Waals surface area contributed by atoms with Crippen LogP contribution in [-0.2, 0) is 21.8 Å². The molecule has 12 heavy (non-hydrogen) atoms. The van der Waals surface area contributed by atoms with Gasteiger partial charge in [0.05, 0.1) is 0 Å². The predicted octanol–water partition coefficient (Wildman–Crippen LogP) is 2.16. The van der Waals surface area contributed by atoms with Gasteiger partial charge < -0.3 is 11.7 Å². The number of benzene rings is 1. The van der Waals surface area contributed by atoms with Crippen molar-refractivity contribution in [2.75, 3.05) is 0 Å². The van der Waals surface area contributed by atoms with Crippen molar-refractivity contribution in [3.63, 3.8) is 0 Å². The molecule has 1 aromatic carbocycles. The van der Waals surface area contributed by atoms with Gasteiger partial charge in [-0.25, -0.2) is 0 Å². The van der Waals surface area contributed by atoms with Crippen LogP contribution in [0.3, 0.4) is 0 Å². The maximum absolute atomic E-state index is 8.84. The maximum atomic E-state index is 8.84. The van der Waals surface area contributed by atoms with Crippen molar-refractivity contribution in [3.05, 3.63) is 37.4 Å². The molecule has 0 saturated heterocycles. The molecule has 0 spiro atoms. The van der Waals surface area contributed by atoms with Gasteiger partial charge in [-0.05, 0) is 12.1 Å². The number of hydrogen-bond acceptors (Lipinski definition) is 3. The Balaban J connectivity index is 0. The van der Waals surface area contributed by atoms with E-state index in [1.54, 1.807) is 18.2 Å². The molecule has 0 bridgehead atoms. The third kappa shape index (κ3) is 6.26. The molecule has 0 amide bonds. The summed E-state index contributed by atoms with van der Waals surface area (Å²) in [5, 5.41) is 8.84. The van der Waals surface area contributed by atoms with Gasteiger partial charge in [-0.2, -0.15) is 0 Å². The first-order chi connectivity index (χ1) is 5.80. The van der Waals surface area contributed by atoms with Gasteiger partial charge in [0.25, 0.3) is 0 Å². The van der Waals surface area contributed by atoms with E-state index in [4.69, 9.17) is 8.68 Å². The fraction of sp³-hybridized carbons (Fsp3) is 0. The van der Waals surface area contributed by atoms with Gasteiger partial charge >= 0.3 is 21.8 Å². The summed E-state index contributed by atoms with van der Waals surface area (Å²) in [5.74, 6) is 0.232. The van der Waals surface area contributed by atoms with E-state index < -0.39 is 0 Å². The fourth-order valence-electron chi connectivity index (χ4n) is 0.464. The first kappa shape index (κ1) is 14.1. The summed E-state index contributed by atoms with van der Waals surface area (Å²) in [4.78, 5) is 0.618. The van der Waals surface area contributed by atoms with Gasteiger partial charge in [0, 0.05) is 4.90 Å². The van der Waals surface area contributed by atoms with Gasteiger partial charge in [0.15, 0.2) is 0 Å². The summed E-state index contributed by atoms with van der Waals surface area (Å²) in [6.07, 6.45) is 0. The van der Waals surface area contributed by atoms with Crippen LogP contribution in [0.4, 0.5) is 0 Å². The van der Waals surface area contributed by atoms with Crippen LogP contribution in [0.5, 0.6) is 5.75 Å². The van der Waals surface area contributed by atoms with E-state index in [0.29, 0.717) is 4.90 Å². The molecule has 0 unspecified atom stereocenters. The second-order valence-corrected chi connectivity index (χ2v) is 1.97. The van der Waals surface area contributed by atoms with Crippen LogP contribution in [0, 0.1) is 6.58 Å². The molecule has 1 N–H and O–H groups in total. The molecular formula is C8H9O2SZn-. The number of rotatable bonds is 0. The second kappa shape index (κ2) is 10.5. The zero-order chi connectivity index (χ0) is 9.98. The molecule has 0 aliphatic heterocycles. The molecule has 2 nitrogen and oxygen atoms in total. The Labute approximate surface area is 87.7 Å². The van der Waals surface area contributed by atoms with Crippen molar-refractivity contribution >= 4 is 12.6 Å². The summed E-state index contributed by atoms with van der Waals surface area (Å²) in [7, 11) is 0. The zero-order valence-electron chi connectivity index (χ0n) is 6.60. The summed E-state index contributed by atoms with van der Waals surface area (Å²) in [6, 6.07) is 6.91. The average Bonchev–Trinajstić information content (AvgIpc) is 2.17. The third-order valence-electron chi connectivity index (χ3n) is 0.882. The van der Waals surface area contributed by atoms with Crippen molar-refractivity contribution in [3.8, 4) is 5.75 Å². The molecule has 4 heteroatoms. The zero-order valence-corrected chi connectivity index (χ0v) is 10.5. The van der Waals surface area contributed by atoms with Gasteiger partial charge in [-0.1, -0.05) is 12.1 Å². The van der Waals surface area contributed by atoms with Gasteiger partial charge in [-0.3, -0.25) is 6.58 Å².